The van der Waals surface area contributed by atoms with Gasteiger partial charge in [0.1, 0.15) is 5.82 Å². The molecule has 0 radical (unpaired) electrons. The maximum absolute atomic E-state index is 6.17. The molecule has 0 spiro atoms. The summed E-state index contributed by atoms with van der Waals surface area (Å²) in [5, 5.41) is 6.37. The van der Waals surface area contributed by atoms with Gasteiger partial charge >= 0.3 is 0 Å². The number of rotatable bonds is 1. The highest BCUT2D eigenvalue weighted by Crippen LogP contribution is 2.30. The first kappa shape index (κ1) is 14.9. The van der Waals surface area contributed by atoms with Gasteiger partial charge in [0.25, 0.3) is 0 Å². The quantitative estimate of drug-likeness (QED) is 0.675. The molecule has 3 aromatic rings. The van der Waals surface area contributed by atoms with E-state index in [1.54, 1.807) is 6.07 Å². The molecule has 8 heteroatoms. The number of piperazine rings is 1. The lowest BCUT2D eigenvalue weighted by molar-refractivity contribution is 0.310. The fourth-order valence-electron chi connectivity index (χ4n) is 2.90. The molecule has 0 unspecified atom stereocenters. The molecular formula is C15H16Cl2N6. The summed E-state index contributed by atoms with van der Waals surface area (Å²) in [6.07, 6.45) is 0. The number of nitrogens with zero attached hydrogens (tertiary/aromatic N) is 6. The number of fused-ring (bicyclic) bond motifs is 3. The van der Waals surface area contributed by atoms with Crippen molar-refractivity contribution in [1.82, 2.24) is 24.5 Å². The van der Waals surface area contributed by atoms with Gasteiger partial charge in [0, 0.05) is 31.6 Å². The van der Waals surface area contributed by atoms with E-state index in [1.807, 2.05) is 17.5 Å². The van der Waals surface area contributed by atoms with Crippen molar-refractivity contribution in [2.24, 2.45) is 0 Å². The maximum atomic E-state index is 6.17. The Balaban J connectivity index is 1.97. The number of likely N-dealkylation sites (N-methyl/N-ethyl adjacent to an activating group) is 1. The molecule has 1 aliphatic rings. The number of benzene rings is 1. The molecule has 120 valence electrons. The number of aromatic nitrogens is 4. The second-order valence-electron chi connectivity index (χ2n) is 5.88. The van der Waals surface area contributed by atoms with E-state index in [9.17, 15) is 0 Å². The van der Waals surface area contributed by atoms with Gasteiger partial charge in [0.05, 0.1) is 15.6 Å². The van der Waals surface area contributed by atoms with E-state index in [0.29, 0.717) is 15.9 Å². The van der Waals surface area contributed by atoms with E-state index in [-0.39, 0.29) is 0 Å². The second kappa shape index (κ2) is 5.47. The highest BCUT2D eigenvalue weighted by Gasteiger charge is 2.21. The van der Waals surface area contributed by atoms with Gasteiger partial charge < -0.3 is 9.80 Å². The minimum absolute atomic E-state index is 0.496. The van der Waals surface area contributed by atoms with Crippen LogP contribution in [0.5, 0.6) is 0 Å². The summed E-state index contributed by atoms with van der Waals surface area (Å²) in [6, 6.07) is 3.60. The first-order valence-electron chi connectivity index (χ1n) is 7.48. The summed E-state index contributed by atoms with van der Waals surface area (Å²) in [7, 11) is 2.13. The zero-order chi connectivity index (χ0) is 16.1. The minimum atomic E-state index is 0.496. The summed E-state index contributed by atoms with van der Waals surface area (Å²) < 4.78 is 1.81. The Labute approximate surface area is 143 Å². The average Bonchev–Trinajstić information content (AvgIpc) is 2.91. The fraction of sp³-hybridized carbons (Fsp3) is 0.400. The van der Waals surface area contributed by atoms with Gasteiger partial charge in [-0.1, -0.05) is 23.2 Å². The molecule has 0 aliphatic carbocycles. The molecule has 1 saturated heterocycles. The maximum Gasteiger partial charge on any atom is 0.229 e. The molecule has 0 N–H and O–H groups in total. The Morgan fingerprint density at radius 3 is 2.43 bits per heavy atom. The van der Waals surface area contributed by atoms with Crippen molar-refractivity contribution in [2.75, 3.05) is 38.1 Å². The molecule has 23 heavy (non-hydrogen) atoms. The Morgan fingerprint density at radius 2 is 1.70 bits per heavy atom. The van der Waals surface area contributed by atoms with Gasteiger partial charge in [0.2, 0.25) is 5.95 Å². The minimum Gasteiger partial charge on any atom is -0.338 e. The molecule has 1 fully saturated rings. The highest BCUT2D eigenvalue weighted by atomic mass is 35.5. The van der Waals surface area contributed by atoms with Gasteiger partial charge in [-0.15, -0.1) is 5.10 Å². The van der Waals surface area contributed by atoms with Crippen LogP contribution in [0.15, 0.2) is 12.1 Å². The van der Waals surface area contributed by atoms with Crippen LogP contribution in [0, 0.1) is 6.92 Å². The van der Waals surface area contributed by atoms with E-state index in [4.69, 9.17) is 28.2 Å². The smallest absolute Gasteiger partial charge is 0.229 e. The molecule has 0 atom stereocenters. The monoisotopic (exact) mass is 350 g/mol. The van der Waals surface area contributed by atoms with Crippen LogP contribution >= 0.6 is 23.2 Å². The van der Waals surface area contributed by atoms with Crippen molar-refractivity contribution in [1.29, 1.82) is 0 Å². The molecule has 0 amide bonds. The SMILES string of the molecule is Cc1nc2c3cc(Cl)c(Cl)cc3nc(N3CCN(C)CC3)n2n1. The van der Waals surface area contributed by atoms with Crippen molar-refractivity contribution >= 4 is 45.7 Å². The van der Waals surface area contributed by atoms with Gasteiger partial charge in [0.15, 0.2) is 5.65 Å². The van der Waals surface area contributed by atoms with Crippen LogP contribution in [0.1, 0.15) is 5.82 Å². The second-order valence-corrected chi connectivity index (χ2v) is 6.69. The van der Waals surface area contributed by atoms with Crippen molar-refractivity contribution in [3.8, 4) is 0 Å². The number of hydrogen-bond acceptors (Lipinski definition) is 5. The Hall–Kier alpha value is -1.63. The van der Waals surface area contributed by atoms with Crippen LogP contribution in [0.4, 0.5) is 5.95 Å². The molecule has 3 heterocycles. The fourth-order valence-corrected chi connectivity index (χ4v) is 3.22. The van der Waals surface area contributed by atoms with E-state index < -0.39 is 0 Å². The predicted molar refractivity (Wildman–Crippen MR) is 92.8 cm³/mol. The predicted octanol–water partition coefficient (Wildman–Crippen LogP) is 2.64. The molecule has 0 saturated carbocycles. The van der Waals surface area contributed by atoms with Crippen molar-refractivity contribution < 1.29 is 0 Å². The van der Waals surface area contributed by atoms with E-state index in [1.165, 1.54) is 0 Å². The summed E-state index contributed by atoms with van der Waals surface area (Å²) >= 11 is 12.3. The van der Waals surface area contributed by atoms with Gasteiger partial charge in [-0.2, -0.15) is 4.52 Å². The Bertz CT molecular complexity index is 898. The Morgan fingerprint density at radius 1 is 1.00 bits per heavy atom. The molecular weight excluding hydrogens is 335 g/mol. The van der Waals surface area contributed by atoms with Gasteiger partial charge in [-0.25, -0.2) is 9.97 Å². The third-order valence-corrected chi connectivity index (χ3v) is 4.91. The molecule has 2 aromatic heterocycles. The number of halogens is 2. The van der Waals surface area contributed by atoms with E-state index >= 15 is 0 Å². The van der Waals surface area contributed by atoms with Gasteiger partial charge in [-0.05, 0) is 26.1 Å². The van der Waals surface area contributed by atoms with E-state index in [0.717, 1.165) is 48.7 Å². The number of anilines is 1. The zero-order valence-electron chi connectivity index (χ0n) is 12.9. The Kier molecular flexibility index (Phi) is 3.55. The van der Waals surface area contributed by atoms with Crippen molar-refractivity contribution in [3.63, 3.8) is 0 Å². The lowest BCUT2D eigenvalue weighted by Crippen LogP contribution is -2.45. The number of hydrogen-bond donors (Lipinski definition) is 0. The summed E-state index contributed by atoms with van der Waals surface area (Å²) in [5.41, 5.74) is 1.55. The molecule has 1 aliphatic heterocycles. The standard InChI is InChI=1S/C15H16Cl2N6/c1-9-18-14-10-7-11(16)12(17)8-13(10)19-15(23(14)20-9)22-5-3-21(2)4-6-22/h7-8H,3-6H2,1-2H3. The third-order valence-electron chi connectivity index (χ3n) is 4.19. The van der Waals surface area contributed by atoms with E-state index in [2.05, 4.69) is 26.9 Å². The van der Waals surface area contributed by atoms with Crippen LogP contribution in [-0.2, 0) is 0 Å². The first-order chi connectivity index (χ1) is 11.0. The van der Waals surface area contributed by atoms with Gasteiger partial charge in [-0.3, -0.25) is 0 Å². The van der Waals surface area contributed by atoms with Crippen molar-refractivity contribution in [2.45, 2.75) is 6.92 Å². The van der Waals surface area contributed by atoms with Crippen LogP contribution in [0.3, 0.4) is 0 Å². The first-order valence-corrected chi connectivity index (χ1v) is 8.24. The lowest BCUT2D eigenvalue weighted by Gasteiger charge is -2.33. The summed E-state index contributed by atoms with van der Waals surface area (Å²) in [5.74, 6) is 1.51. The molecule has 1 aromatic carbocycles. The highest BCUT2D eigenvalue weighted by molar-refractivity contribution is 6.42. The zero-order valence-corrected chi connectivity index (χ0v) is 14.4. The average molecular weight is 351 g/mol. The topological polar surface area (TPSA) is 49.6 Å². The van der Waals surface area contributed by atoms with Crippen LogP contribution in [0.2, 0.25) is 10.0 Å². The summed E-state index contributed by atoms with van der Waals surface area (Å²) in [4.78, 5) is 13.9. The van der Waals surface area contributed by atoms with Crippen LogP contribution < -0.4 is 4.90 Å². The third kappa shape index (κ3) is 2.51. The molecule has 6 nitrogen and oxygen atoms in total. The molecule has 4 rings (SSSR count). The summed E-state index contributed by atoms with van der Waals surface area (Å²) in [6.45, 7) is 5.69. The number of aryl methyl sites for hydroxylation is 1. The lowest BCUT2D eigenvalue weighted by atomic mass is 10.2. The largest absolute Gasteiger partial charge is 0.338 e. The van der Waals surface area contributed by atoms with Crippen molar-refractivity contribution in [3.05, 3.63) is 28.0 Å². The van der Waals surface area contributed by atoms with Crippen LogP contribution in [0.25, 0.3) is 16.6 Å². The van der Waals surface area contributed by atoms with Crippen LogP contribution in [-0.4, -0.2) is 57.7 Å². The normalized spacial score (nSPS) is 16.6. The molecule has 0 bridgehead atoms.